The third-order valence-corrected chi connectivity index (χ3v) is 3.80. The van der Waals surface area contributed by atoms with Crippen molar-refractivity contribution in [3.8, 4) is 0 Å². The van der Waals surface area contributed by atoms with E-state index in [4.69, 9.17) is 0 Å². The first-order valence-electron chi connectivity index (χ1n) is 7.59. The van der Waals surface area contributed by atoms with E-state index in [1.54, 1.807) is 0 Å². The second kappa shape index (κ2) is 6.73. The molecular formula is C18H21N3O. The van der Waals surface area contributed by atoms with E-state index in [0.29, 0.717) is 13.0 Å². The Balaban J connectivity index is 1.73. The van der Waals surface area contributed by atoms with Crippen LogP contribution in [0.5, 0.6) is 0 Å². The van der Waals surface area contributed by atoms with E-state index < -0.39 is 0 Å². The molecule has 0 amide bonds. The first kappa shape index (κ1) is 14.8. The van der Waals surface area contributed by atoms with Crippen molar-refractivity contribution in [2.24, 2.45) is 0 Å². The number of pyridine rings is 1. The van der Waals surface area contributed by atoms with E-state index in [1.165, 1.54) is 11.1 Å². The number of fused-ring (bicyclic) bond motifs is 1. The van der Waals surface area contributed by atoms with Gasteiger partial charge < -0.3 is 14.8 Å². The van der Waals surface area contributed by atoms with Crippen LogP contribution < -0.4 is 5.32 Å². The Bertz CT molecular complexity index is 736. The van der Waals surface area contributed by atoms with Gasteiger partial charge in [-0.05, 0) is 30.5 Å². The number of nitrogens with zero attached hydrogens (tertiary/aromatic N) is 2. The maximum absolute atomic E-state index is 9.28. The van der Waals surface area contributed by atoms with Gasteiger partial charge in [-0.2, -0.15) is 0 Å². The Hall–Kier alpha value is -2.17. The van der Waals surface area contributed by atoms with Crippen molar-refractivity contribution in [3.63, 3.8) is 0 Å². The normalized spacial score (nSPS) is 12.6. The number of aryl methyl sites for hydroxylation is 1. The van der Waals surface area contributed by atoms with Crippen LogP contribution in [0.15, 0.2) is 54.9 Å². The van der Waals surface area contributed by atoms with Crippen LogP contribution in [0, 0.1) is 6.92 Å². The zero-order valence-corrected chi connectivity index (χ0v) is 12.7. The first-order valence-corrected chi connectivity index (χ1v) is 7.59. The molecule has 3 rings (SSSR count). The van der Waals surface area contributed by atoms with Gasteiger partial charge in [0.25, 0.3) is 0 Å². The molecule has 0 radical (unpaired) electrons. The number of hydrogen-bond donors (Lipinski definition) is 2. The minimum absolute atomic E-state index is 0.137. The lowest BCUT2D eigenvalue weighted by molar-refractivity contribution is 0.265. The lowest BCUT2D eigenvalue weighted by Gasteiger charge is -2.17. The van der Waals surface area contributed by atoms with Crippen LogP contribution in [0.2, 0.25) is 0 Å². The molecule has 0 spiro atoms. The lowest BCUT2D eigenvalue weighted by Crippen LogP contribution is -2.22. The lowest BCUT2D eigenvalue weighted by atomic mass is 10.0. The van der Waals surface area contributed by atoms with Crippen LogP contribution in [0.4, 0.5) is 0 Å². The van der Waals surface area contributed by atoms with E-state index in [9.17, 15) is 5.11 Å². The van der Waals surface area contributed by atoms with Gasteiger partial charge in [-0.25, -0.2) is 4.98 Å². The van der Waals surface area contributed by atoms with Crippen LogP contribution in [0.25, 0.3) is 5.65 Å². The fourth-order valence-electron chi connectivity index (χ4n) is 2.67. The van der Waals surface area contributed by atoms with Gasteiger partial charge in [-0.3, -0.25) is 0 Å². The average molecular weight is 295 g/mol. The summed E-state index contributed by atoms with van der Waals surface area (Å²) in [6.07, 6.45) is 4.82. The number of imidazole rings is 1. The van der Waals surface area contributed by atoms with Crippen molar-refractivity contribution >= 4 is 5.65 Å². The summed E-state index contributed by atoms with van der Waals surface area (Å²) in [5.41, 5.74) is 4.37. The van der Waals surface area contributed by atoms with Crippen LogP contribution in [-0.4, -0.2) is 21.1 Å². The topological polar surface area (TPSA) is 49.6 Å². The average Bonchev–Trinajstić information content (AvgIpc) is 2.94. The molecule has 1 unspecified atom stereocenters. The molecule has 0 aliphatic rings. The van der Waals surface area contributed by atoms with Crippen LogP contribution in [-0.2, 0) is 6.54 Å². The van der Waals surface area contributed by atoms with E-state index in [-0.39, 0.29) is 12.6 Å². The number of hydrogen-bond acceptors (Lipinski definition) is 3. The molecule has 1 aromatic carbocycles. The highest BCUT2D eigenvalue weighted by Crippen LogP contribution is 2.17. The molecule has 0 aliphatic carbocycles. The zero-order chi connectivity index (χ0) is 15.4. The quantitative estimate of drug-likeness (QED) is 0.735. The summed E-state index contributed by atoms with van der Waals surface area (Å²) in [4.78, 5) is 4.62. The number of aliphatic hydroxyl groups excluding tert-OH is 1. The standard InChI is InChI=1S/C18H21N3O/c1-14-7-8-18-20-16(13-21(18)12-14)11-19-17(9-10-22)15-5-3-2-4-6-15/h2-8,12-13,17,19,22H,9-11H2,1H3. The second-order valence-corrected chi connectivity index (χ2v) is 5.56. The van der Waals surface area contributed by atoms with Gasteiger partial charge in [0.05, 0.1) is 5.69 Å². The molecule has 0 saturated heterocycles. The molecule has 2 heterocycles. The molecule has 2 aromatic heterocycles. The molecular weight excluding hydrogens is 274 g/mol. The number of aromatic nitrogens is 2. The van der Waals surface area contributed by atoms with Crippen LogP contribution in [0.1, 0.15) is 29.3 Å². The molecule has 0 saturated carbocycles. The van der Waals surface area contributed by atoms with Crippen molar-refractivity contribution in [3.05, 3.63) is 71.7 Å². The molecule has 0 aliphatic heterocycles. The summed E-state index contributed by atoms with van der Waals surface area (Å²) in [6, 6.07) is 14.5. The summed E-state index contributed by atoms with van der Waals surface area (Å²) >= 11 is 0. The SMILES string of the molecule is Cc1ccc2nc(CNC(CCO)c3ccccc3)cn2c1. The first-order chi connectivity index (χ1) is 10.8. The Kier molecular flexibility index (Phi) is 4.51. The summed E-state index contributed by atoms with van der Waals surface area (Å²) in [5, 5.41) is 12.8. The predicted molar refractivity (Wildman–Crippen MR) is 87.7 cm³/mol. The van der Waals surface area contributed by atoms with E-state index >= 15 is 0 Å². The smallest absolute Gasteiger partial charge is 0.137 e. The minimum Gasteiger partial charge on any atom is -0.396 e. The fraction of sp³-hybridized carbons (Fsp3) is 0.278. The fourth-order valence-corrected chi connectivity index (χ4v) is 2.67. The maximum Gasteiger partial charge on any atom is 0.137 e. The molecule has 4 nitrogen and oxygen atoms in total. The third kappa shape index (κ3) is 3.35. The van der Waals surface area contributed by atoms with Gasteiger partial charge in [0.1, 0.15) is 5.65 Å². The van der Waals surface area contributed by atoms with Crippen molar-refractivity contribution in [2.75, 3.05) is 6.61 Å². The van der Waals surface area contributed by atoms with Gasteiger partial charge >= 0.3 is 0 Å². The van der Waals surface area contributed by atoms with Crippen molar-refractivity contribution in [1.82, 2.24) is 14.7 Å². The Labute approximate surface area is 130 Å². The Morgan fingerprint density at radius 3 is 2.73 bits per heavy atom. The molecule has 22 heavy (non-hydrogen) atoms. The van der Waals surface area contributed by atoms with Crippen molar-refractivity contribution in [1.29, 1.82) is 0 Å². The summed E-state index contributed by atoms with van der Waals surface area (Å²) in [6.45, 7) is 2.92. The monoisotopic (exact) mass is 295 g/mol. The van der Waals surface area contributed by atoms with Gasteiger partial charge in [0.15, 0.2) is 0 Å². The number of rotatable bonds is 6. The molecule has 114 valence electrons. The molecule has 0 bridgehead atoms. The number of nitrogens with one attached hydrogen (secondary N) is 1. The van der Waals surface area contributed by atoms with E-state index in [0.717, 1.165) is 11.3 Å². The van der Waals surface area contributed by atoms with Gasteiger partial charge in [0.2, 0.25) is 0 Å². The maximum atomic E-state index is 9.28. The van der Waals surface area contributed by atoms with E-state index in [1.807, 2.05) is 24.3 Å². The third-order valence-electron chi connectivity index (χ3n) is 3.80. The molecule has 0 fully saturated rings. The number of benzene rings is 1. The van der Waals surface area contributed by atoms with Gasteiger partial charge in [-0.1, -0.05) is 36.4 Å². The molecule has 3 aromatic rings. The molecule has 2 N–H and O–H groups in total. The minimum atomic E-state index is 0.137. The second-order valence-electron chi connectivity index (χ2n) is 5.56. The molecule has 1 atom stereocenters. The Morgan fingerprint density at radius 1 is 1.14 bits per heavy atom. The summed E-state index contributed by atoms with van der Waals surface area (Å²) in [5.74, 6) is 0. The largest absolute Gasteiger partial charge is 0.396 e. The van der Waals surface area contributed by atoms with Gasteiger partial charge in [0, 0.05) is 31.6 Å². The highest BCUT2D eigenvalue weighted by molar-refractivity contribution is 5.41. The highest BCUT2D eigenvalue weighted by Gasteiger charge is 2.11. The molecule has 4 heteroatoms. The highest BCUT2D eigenvalue weighted by atomic mass is 16.3. The van der Waals surface area contributed by atoms with Gasteiger partial charge in [-0.15, -0.1) is 0 Å². The predicted octanol–water partition coefficient (Wildman–Crippen LogP) is 2.86. The summed E-state index contributed by atoms with van der Waals surface area (Å²) in [7, 11) is 0. The van der Waals surface area contributed by atoms with Crippen molar-refractivity contribution < 1.29 is 5.11 Å². The summed E-state index contributed by atoms with van der Waals surface area (Å²) < 4.78 is 2.05. The van der Waals surface area contributed by atoms with Crippen molar-refractivity contribution in [2.45, 2.75) is 25.9 Å². The van der Waals surface area contributed by atoms with E-state index in [2.05, 4.69) is 52.2 Å². The zero-order valence-electron chi connectivity index (χ0n) is 12.7. The van der Waals surface area contributed by atoms with Crippen LogP contribution in [0.3, 0.4) is 0 Å². The Morgan fingerprint density at radius 2 is 1.95 bits per heavy atom. The number of aliphatic hydroxyl groups is 1. The van der Waals surface area contributed by atoms with Crippen LogP contribution >= 0.6 is 0 Å².